The standard InChI is InChI=1S/C19H31N7O6S/c1-10(19(31)32)24-17(29)13(3-4-15(21)27)25-18(30)14(7-11-8-22-9-23-11)26-16(28)12(20)5-6-33-2/h8-10,12-14H,3-7,20H2,1-2H3,(H2,21,27)(H,22,23)(H,24,29)(H,25,30)(H,26,28)(H,31,32). The highest BCUT2D eigenvalue weighted by molar-refractivity contribution is 7.98. The summed E-state index contributed by atoms with van der Waals surface area (Å²) in [6.07, 6.45) is 4.82. The molecule has 0 spiro atoms. The largest absolute Gasteiger partial charge is 0.480 e. The molecule has 1 heterocycles. The Morgan fingerprint density at radius 3 is 2.27 bits per heavy atom. The number of carboxylic acid groups (broad SMARTS) is 1. The van der Waals surface area contributed by atoms with Crippen molar-refractivity contribution >= 4 is 41.4 Å². The van der Waals surface area contributed by atoms with E-state index in [9.17, 15) is 24.0 Å². The Labute approximate surface area is 195 Å². The third kappa shape index (κ3) is 10.4. The third-order valence-corrected chi connectivity index (χ3v) is 5.27. The summed E-state index contributed by atoms with van der Waals surface area (Å²) < 4.78 is 0. The molecule has 0 fully saturated rings. The predicted octanol–water partition coefficient (Wildman–Crippen LogP) is -2.14. The number of thioether (sulfide) groups is 1. The van der Waals surface area contributed by atoms with Gasteiger partial charge < -0.3 is 37.5 Å². The number of aromatic amines is 1. The normalized spacial score (nSPS) is 14.4. The number of rotatable bonds is 15. The Morgan fingerprint density at radius 2 is 1.73 bits per heavy atom. The second kappa shape index (κ2) is 14.1. The molecule has 0 aliphatic heterocycles. The van der Waals surface area contributed by atoms with Crippen LogP contribution in [-0.2, 0) is 30.4 Å². The molecule has 1 rings (SSSR count). The van der Waals surface area contributed by atoms with Gasteiger partial charge in [-0.1, -0.05) is 0 Å². The van der Waals surface area contributed by atoms with Gasteiger partial charge in [0.25, 0.3) is 0 Å². The molecular weight excluding hydrogens is 454 g/mol. The Balaban J connectivity index is 2.99. The summed E-state index contributed by atoms with van der Waals surface area (Å²) in [7, 11) is 0. The van der Waals surface area contributed by atoms with E-state index in [0.717, 1.165) is 0 Å². The van der Waals surface area contributed by atoms with E-state index >= 15 is 0 Å². The molecule has 1 aromatic heterocycles. The van der Waals surface area contributed by atoms with Crippen molar-refractivity contribution in [3.05, 3.63) is 18.2 Å². The molecule has 14 heteroatoms. The average Bonchev–Trinajstić information content (AvgIpc) is 3.26. The van der Waals surface area contributed by atoms with Gasteiger partial charge in [0.15, 0.2) is 0 Å². The van der Waals surface area contributed by atoms with Crippen LogP contribution in [0.5, 0.6) is 0 Å². The van der Waals surface area contributed by atoms with Crippen LogP contribution in [0.15, 0.2) is 12.5 Å². The highest BCUT2D eigenvalue weighted by Gasteiger charge is 2.30. The van der Waals surface area contributed by atoms with E-state index in [2.05, 4.69) is 25.9 Å². The second-order valence-electron chi connectivity index (χ2n) is 7.36. The minimum Gasteiger partial charge on any atom is -0.480 e. The molecule has 4 unspecified atom stereocenters. The monoisotopic (exact) mass is 485 g/mol. The van der Waals surface area contributed by atoms with E-state index in [4.69, 9.17) is 16.6 Å². The van der Waals surface area contributed by atoms with E-state index in [-0.39, 0.29) is 19.3 Å². The molecule has 13 nitrogen and oxygen atoms in total. The van der Waals surface area contributed by atoms with Gasteiger partial charge in [-0.15, -0.1) is 0 Å². The van der Waals surface area contributed by atoms with Crippen molar-refractivity contribution in [1.29, 1.82) is 0 Å². The minimum atomic E-state index is -1.27. The number of hydrogen-bond donors (Lipinski definition) is 7. The number of primary amides is 1. The van der Waals surface area contributed by atoms with Crippen LogP contribution in [0.3, 0.4) is 0 Å². The smallest absolute Gasteiger partial charge is 0.325 e. The fourth-order valence-electron chi connectivity index (χ4n) is 2.68. The van der Waals surface area contributed by atoms with Crippen LogP contribution >= 0.6 is 11.8 Å². The number of carbonyl (C=O) groups excluding carboxylic acids is 4. The van der Waals surface area contributed by atoms with Crippen LogP contribution < -0.4 is 27.4 Å². The summed E-state index contributed by atoms with van der Waals surface area (Å²) in [6.45, 7) is 1.25. The number of nitrogens with zero attached hydrogens (tertiary/aromatic N) is 1. The van der Waals surface area contributed by atoms with Crippen molar-refractivity contribution in [1.82, 2.24) is 25.9 Å². The van der Waals surface area contributed by atoms with Gasteiger partial charge in [0.05, 0.1) is 12.4 Å². The van der Waals surface area contributed by atoms with Gasteiger partial charge in [-0.25, -0.2) is 4.98 Å². The first-order valence-electron chi connectivity index (χ1n) is 10.2. The first-order chi connectivity index (χ1) is 15.5. The number of imidazole rings is 1. The van der Waals surface area contributed by atoms with Crippen LogP contribution in [0.2, 0.25) is 0 Å². The van der Waals surface area contributed by atoms with Gasteiger partial charge in [0.2, 0.25) is 23.6 Å². The number of aliphatic carboxylic acids is 1. The molecule has 0 saturated heterocycles. The maximum Gasteiger partial charge on any atom is 0.325 e. The first kappa shape index (κ1) is 27.9. The molecule has 1 aromatic rings. The highest BCUT2D eigenvalue weighted by Crippen LogP contribution is 2.05. The SMILES string of the molecule is CSCCC(N)C(=O)NC(Cc1cnc[nH]1)C(=O)NC(CCC(N)=O)C(=O)NC(C)C(=O)O. The molecule has 0 aliphatic carbocycles. The van der Waals surface area contributed by atoms with Gasteiger partial charge in [-0.2, -0.15) is 11.8 Å². The number of hydrogen-bond acceptors (Lipinski definition) is 8. The summed E-state index contributed by atoms with van der Waals surface area (Å²) in [5.74, 6) is -3.38. The lowest BCUT2D eigenvalue weighted by Gasteiger charge is -2.24. The summed E-state index contributed by atoms with van der Waals surface area (Å²) in [4.78, 5) is 67.0. The van der Waals surface area contributed by atoms with Crippen molar-refractivity contribution in [3.8, 4) is 0 Å². The Hall–Kier alpha value is -3.13. The lowest BCUT2D eigenvalue weighted by molar-refractivity contribution is -0.142. The third-order valence-electron chi connectivity index (χ3n) is 4.62. The lowest BCUT2D eigenvalue weighted by atomic mass is 10.1. The van der Waals surface area contributed by atoms with Crippen molar-refractivity contribution in [2.45, 2.75) is 56.8 Å². The number of nitrogens with two attached hydrogens (primary N) is 2. The van der Waals surface area contributed by atoms with Crippen molar-refractivity contribution in [3.63, 3.8) is 0 Å². The van der Waals surface area contributed by atoms with Crippen molar-refractivity contribution in [2.75, 3.05) is 12.0 Å². The van der Waals surface area contributed by atoms with E-state index in [1.54, 1.807) is 0 Å². The Bertz CT molecular complexity index is 820. The molecule has 4 atom stereocenters. The van der Waals surface area contributed by atoms with Crippen molar-refractivity contribution < 1.29 is 29.1 Å². The number of H-pyrrole nitrogens is 1. The Kier molecular flexibility index (Phi) is 11.9. The number of carboxylic acids is 1. The molecule has 0 radical (unpaired) electrons. The van der Waals surface area contributed by atoms with Gasteiger partial charge >= 0.3 is 5.97 Å². The van der Waals surface area contributed by atoms with Crippen LogP contribution in [-0.4, -0.2) is 80.8 Å². The van der Waals surface area contributed by atoms with E-state index in [0.29, 0.717) is 17.9 Å². The molecular formula is C19H31N7O6S. The molecule has 184 valence electrons. The predicted molar refractivity (Wildman–Crippen MR) is 121 cm³/mol. The zero-order chi connectivity index (χ0) is 25.0. The summed E-state index contributed by atoms with van der Waals surface area (Å²) in [5.41, 5.74) is 11.6. The van der Waals surface area contributed by atoms with E-state index < -0.39 is 53.8 Å². The van der Waals surface area contributed by atoms with Crippen LogP contribution in [0, 0.1) is 0 Å². The highest BCUT2D eigenvalue weighted by atomic mass is 32.2. The quantitative estimate of drug-likeness (QED) is 0.144. The summed E-state index contributed by atoms with van der Waals surface area (Å²) in [5, 5.41) is 16.3. The molecule has 0 aliphatic rings. The number of aromatic nitrogens is 2. The molecule has 0 saturated carbocycles. The van der Waals surface area contributed by atoms with Gasteiger partial charge in [0.1, 0.15) is 18.1 Å². The van der Waals surface area contributed by atoms with Crippen molar-refractivity contribution in [2.24, 2.45) is 11.5 Å². The average molecular weight is 486 g/mol. The topological polar surface area (TPSA) is 222 Å². The van der Waals surface area contributed by atoms with Crippen LogP contribution in [0.1, 0.15) is 31.9 Å². The minimum absolute atomic E-state index is 0.0303. The molecule has 0 bridgehead atoms. The Morgan fingerprint density at radius 1 is 1.09 bits per heavy atom. The second-order valence-corrected chi connectivity index (χ2v) is 8.35. The number of nitrogens with one attached hydrogen (secondary N) is 4. The summed E-state index contributed by atoms with van der Waals surface area (Å²) in [6, 6.07) is -4.42. The molecule has 4 amide bonds. The maximum absolute atomic E-state index is 13.0. The van der Waals surface area contributed by atoms with E-state index in [1.165, 1.54) is 31.2 Å². The summed E-state index contributed by atoms with van der Waals surface area (Å²) >= 11 is 1.53. The fraction of sp³-hybridized carbons (Fsp3) is 0.579. The zero-order valence-electron chi connectivity index (χ0n) is 18.5. The molecule has 0 aromatic carbocycles. The lowest BCUT2D eigenvalue weighted by Crippen LogP contribution is -2.57. The van der Waals surface area contributed by atoms with Gasteiger partial charge in [-0.05, 0) is 31.8 Å². The first-order valence-corrected chi connectivity index (χ1v) is 11.6. The molecule has 9 N–H and O–H groups in total. The number of amides is 4. The van der Waals surface area contributed by atoms with E-state index in [1.807, 2.05) is 6.26 Å². The van der Waals surface area contributed by atoms with Crippen LogP contribution in [0.4, 0.5) is 0 Å². The fourth-order valence-corrected chi connectivity index (χ4v) is 3.17. The van der Waals surface area contributed by atoms with Gasteiger partial charge in [0, 0.05) is 24.7 Å². The molecule has 33 heavy (non-hydrogen) atoms. The zero-order valence-corrected chi connectivity index (χ0v) is 19.3. The van der Waals surface area contributed by atoms with Gasteiger partial charge in [-0.3, -0.25) is 24.0 Å². The number of carbonyl (C=O) groups is 5. The van der Waals surface area contributed by atoms with Crippen LogP contribution in [0.25, 0.3) is 0 Å². The maximum atomic E-state index is 13.0.